The molecule has 0 saturated carbocycles. The second-order valence-electron chi connectivity index (χ2n) is 14.3. The molecule has 9 rings (SSSR count). The number of nitriles is 1. The normalized spacial score (nSPS) is 25.3. The zero-order valence-corrected chi connectivity index (χ0v) is 29.7. The average Bonchev–Trinajstić information content (AvgIpc) is 3.93. The van der Waals surface area contributed by atoms with Gasteiger partial charge in [0.2, 0.25) is 6.35 Å². The summed E-state index contributed by atoms with van der Waals surface area (Å²) in [6, 6.07) is 6.14. The molecule has 0 amide bonds. The summed E-state index contributed by atoms with van der Waals surface area (Å²) in [5, 5.41) is 26.1. The first-order valence-electron chi connectivity index (χ1n) is 17.2. The van der Waals surface area contributed by atoms with Crippen LogP contribution in [0.15, 0.2) is 24.5 Å². The van der Waals surface area contributed by atoms with Crippen LogP contribution in [-0.2, 0) is 0 Å². The number of aryl methyl sites for hydroxylation is 1. The van der Waals surface area contributed by atoms with E-state index in [1.54, 1.807) is 13.0 Å². The number of thiophene rings is 1. The monoisotopic (exact) mass is 750 g/mol. The number of hydrogen-bond acceptors (Lipinski definition) is 12. The Morgan fingerprint density at radius 3 is 2.79 bits per heavy atom. The molecule has 0 bridgehead atoms. The Kier molecular flexibility index (Phi) is 7.83. The predicted molar refractivity (Wildman–Crippen MR) is 190 cm³/mol. The van der Waals surface area contributed by atoms with Crippen LogP contribution in [0.1, 0.15) is 49.8 Å². The molecule has 17 heteroatoms. The van der Waals surface area contributed by atoms with Crippen molar-refractivity contribution in [3.05, 3.63) is 52.6 Å². The number of aliphatic hydroxyl groups excluding tert-OH is 1. The maximum Gasteiger partial charge on any atom is 0.319 e. The Balaban J connectivity index is 1.15. The summed E-state index contributed by atoms with van der Waals surface area (Å²) >= 11 is 7.82. The van der Waals surface area contributed by atoms with Crippen molar-refractivity contribution < 1.29 is 23.0 Å². The van der Waals surface area contributed by atoms with Crippen LogP contribution in [0.25, 0.3) is 32.1 Å². The molecule has 12 nitrogen and oxygen atoms in total. The fourth-order valence-electron chi connectivity index (χ4n) is 8.88. The summed E-state index contributed by atoms with van der Waals surface area (Å²) < 4.78 is 54.6. The van der Waals surface area contributed by atoms with Crippen LogP contribution in [0.5, 0.6) is 6.01 Å². The Hall–Kier alpha value is -4.27. The largest absolute Gasteiger partial charge is 0.461 e. The van der Waals surface area contributed by atoms with Crippen molar-refractivity contribution in [2.24, 2.45) is 0 Å². The molecular weight excluding hydrogens is 717 g/mol. The zero-order chi connectivity index (χ0) is 36.1. The van der Waals surface area contributed by atoms with Crippen molar-refractivity contribution in [3.8, 4) is 23.2 Å². The first-order chi connectivity index (χ1) is 25.0. The molecule has 52 heavy (non-hydrogen) atoms. The maximum atomic E-state index is 17.2. The minimum atomic E-state index is -1.01. The van der Waals surface area contributed by atoms with Gasteiger partial charge in [0, 0.05) is 54.5 Å². The first-order valence-corrected chi connectivity index (χ1v) is 18.4. The molecule has 4 atom stereocenters. The zero-order valence-electron chi connectivity index (χ0n) is 28.1. The van der Waals surface area contributed by atoms with E-state index >= 15 is 4.39 Å². The number of rotatable bonds is 7. The summed E-state index contributed by atoms with van der Waals surface area (Å²) in [6.07, 6.45) is 3.06. The number of fused-ring (bicyclic) bond motifs is 3. The molecule has 0 aliphatic carbocycles. The summed E-state index contributed by atoms with van der Waals surface area (Å²) in [5.74, 6) is -0.430. The van der Waals surface area contributed by atoms with Gasteiger partial charge in [-0.1, -0.05) is 17.7 Å². The van der Waals surface area contributed by atoms with E-state index < -0.39 is 35.2 Å². The highest BCUT2D eigenvalue weighted by Crippen LogP contribution is 2.48. The summed E-state index contributed by atoms with van der Waals surface area (Å²) in [4.78, 5) is 19.7. The van der Waals surface area contributed by atoms with Crippen LogP contribution < -0.4 is 15.4 Å². The number of nitrogens with zero attached hydrogens (tertiary/aromatic N) is 9. The molecule has 7 heterocycles. The minimum absolute atomic E-state index is 0.0154. The van der Waals surface area contributed by atoms with E-state index in [4.69, 9.17) is 27.1 Å². The maximum absolute atomic E-state index is 17.2. The van der Waals surface area contributed by atoms with E-state index in [0.717, 1.165) is 37.1 Å². The molecule has 3 N–H and O–H groups in total. The van der Waals surface area contributed by atoms with Crippen LogP contribution in [0, 0.1) is 29.9 Å². The third-order valence-corrected chi connectivity index (χ3v) is 12.8. The minimum Gasteiger partial charge on any atom is -0.461 e. The van der Waals surface area contributed by atoms with E-state index in [-0.39, 0.29) is 54.9 Å². The number of nitrogens with two attached hydrogens (primary N) is 1. The summed E-state index contributed by atoms with van der Waals surface area (Å²) in [7, 11) is 0. The molecule has 270 valence electrons. The molecule has 1 spiro atoms. The van der Waals surface area contributed by atoms with Gasteiger partial charge >= 0.3 is 6.01 Å². The molecule has 4 aliphatic heterocycles. The van der Waals surface area contributed by atoms with E-state index in [9.17, 15) is 19.1 Å². The molecule has 0 radical (unpaired) electrons. The average molecular weight is 751 g/mol. The molecule has 5 aromatic rings. The lowest BCUT2D eigenvalue weighted by molar-refractivity contribution is -0.166. The van der Waals surface area contributed by atoms with Gasteiger partial charge in [-0.25, -0.2) is 22.8 Å². The number of alkyl halides is 1. The Morgan fingerprint density at radius 1 is 1.21 bits per heavy atom. The van der Waals surface area contributed by atoms with Crippen LogP contribution in [0.4, 0.5) is 24.0 Å². The Bertz CT molecular complexity index is 2320. The molecule has 2 aromatic carbocycles. The van der Waals surface area contributed by atoms with Gasteiger partial charge in [0.1, 0.15) is 53.2 Å². The van der Waals surface area contributed by atoms with Gasteiger partial charge in [-0.15, -0.1) is 11.3 Å². The van der Waals surface area contributed by atoms with E-state index in [1.807, 2.05) is 15.9 Å². The van der Waals surface area contributed by atoms with Crippen LogP contribution in [0.3, 0.4) is 0 Å². The van der Waals surface area contributed by atoms with E-state index in [0.29, 0.717) is 56.0 Å². The lowest BCUT2D eigenvalue weighted by atomic mass is 9.84. The number of hydrogen-bond donors (Lipinski definition) is 2. The third kappa shape index (κ3) is 5.04. The predicted octanol–water partition coefficient (Wildman–Crippen LogP) is 5.56. The third-order valence-electron chi connectivity index (χ3n) is 11.5. The standard InChI is InChI=1S/C35H34ClF3N10O2S/c1-18-42-17-49(45-18)33(50)48-10-7-34(48)6-9-46(15-34)31-21-11-23(36)26(20-3-4-24(38)29-25(20)22(13-40)30(41)52-29)27(39)28(21)43-32(44-31)51-16-35-5-2-8-47(35)14-19(37)12-35/h3-4,11,17,19,33,50H,2,5-10,12,14-16,41H2,1H3/t19-,33?,34+,35+/m1/s1. The highest BCUT2D eigenvalue weighted by molar-refractivity contribution is 7.23. The quantitative estimate of drug-likeness (QED) is 0.216. The van der Waals surface area contributed by atoms with Crippen molar-refractivity contribution in [1.29, 1.82) is 5.26 Å². The number of aromatic nitrogens is 5. The smallest absolute Gasteiger partial charge is 0.319 e. The van der Waals surface area contributed by atoms with Gasteiger partial charge in [0.25, 0.3) is 0 Å². The number of anilines is 2. The fraction of sp³-hybridized carbons (Fsp3) is 0.457. The number of ether oxygens (including phenoxy) is 1. The molecule has 4 aliphatic rings. The van der Waals surface area contributed by atoms with Gasteiger partial charge in [0.15, 0.2) is 5.82 Å². The molecule has 1 unspecified atom stereocenters. The number of nitrogen functional groups attached to an aromatic ring is 1. The number of likely N-dealkylation sites (tertiary alicyclic amines) is 1. The highest BCUT2D eigenvalue weighted by Gasteiger charge is 2.53. The second-order valence-corrected chi connectivity index (χ2v) is 15.8. The van der Waals surface area contributed by atoms with Crippen molar-refractivity contribution in [1.82, 2.24) is 34.5 Å². The second kappa shape index (κ2) is 12.1. The van der Waals surface area contributed by atoms with Crippen molar-refractivity contribution in [2.45, 2.75) is 62.6 Å². The molecule has 4 fully saturated rings. The van der Waals surface area contributed by atoms with Crippen LogP contribution >= 0.6 is 22.9 Å². The van der Waals surface area contributed by atoms with Crippen molar-refractivity contribution in [3.63, 3.8) is 0 Å². The molecule has 3 aromatic heterocycles. The van der Waals surface area contributed by atoms with Crippen molar-refractivity contribution in [2.75, 3.05) is 50.0 Å². The Labute approximate surface area is 305 Å². The first kappa shape index (κ1) is 33.6. The summed E-state index contributed by atoms with van der Waals surface area (Å²) in [5.41, 5.74) is 5.30. The van der Waals surface area contributed by atoms with Gasteiger partial charge < -0.3 is 20.5 Å². The van der Waals surface area contributed by atoms with Crippen LogP contribution in [-0.4, -0.2) is 96.2 Å². The molecular formula is C35H34ClF3N10O2S. The summed E-state index contributed by atoms with van der Waals surface area (Å²) in [6.45, 7) is 4.66. The molecule has 4 saturated heterocycles. The van der Waals surface area contributed by atoms with Crippen LogP contribution in [0.2, 0.25) is 5.02 Å². The van der Waals surface area contributed by atoms with Gasteiger partial charge in [0.05, 0.1) is 20.8 Å². The Morgan fingerprint density at radius 2 is 2.04 bits per heavy atom. The lowest BCUT2D eigenvalue weighted by Gasteiger charge is -2.52. The van der Waals surface area contributed by atoms with Gasteiger partial charge in [-0.2, -0.15) is 20.3 Å². The lowest BCUT2D eigenvalue weighted by Crippen LogP contribution is -2.63. The SMILES string of the molecule is Cc1ncn(C(O)N2CC[C@]23CCN(c2nc(OC[C@@]45CCCN4C[C@H](F)C5)nc4c(F)c(-c5ccc(F)c6sc(N)c(C#N)c56)c(Cl)cc24)C3)n1. The van der Waals surface area contributed by atoms with E-state index in [2.05, 4.69) is 20.0 Å². The van der Waals surface area contributed by atoms with E-state index in [1.165, 1.54) is 23.1 Å². The van der Waals surface area contributed by atoms with Gasteiger partial charge in [-0.3, -0.25) is 9.80 Å². The fourth-order valence-corrected chi connectivity index (χ4v) is 10.1. The van der Waals surface area contributed by atoms with Gasteiger partial charge in [-0.05, 0) is 56.8 Å². The number of aliphatic hydroxyl groups is 1. The van der Waals surface area contributed by atoms with Crippen molar-refractivity contribution >= 4 is 54.7 Å². The highest BCUT2D eigenvalue weighted by atomic mass is 35.5. The number of benzene rings is 2. The number of halogens is 4. The topological polar surface area (TPSA) is 145 Å².